The maximum absolute atomic E-state index is 12.2. The minimum absolute atomic E-state index is 0.223. The molecule has 3 heteroatoms. The van der Waals surface area contributed by atoms with E-state index >= 15 is 0 Å². The first-order chi connectivity index (χ1) is 8.13. The van der Waals surface area contributed by atoms with Crippen molar-refractivity contribution in [2.45, 2.75) is 32.1 Å². The standard InChI is InChI=1S/C14H20ClNO/c1-8(15)7-16-14(17)13-11-3-9-2-10(5-11)6-12(13)4-9/h9-13H,1-7H2,(H,16,17). The molecule has 2 nitrogen and oxygen atoms in total. The van der Waals surface area contributed by atoms with Crippen LogP contribution in [0.5, 0.6) is 0 Å². The van der Waals surface area contributed by atoms with Crippen LogP contribution in [0.3, 0.4) is 0 Å². The van der Waals surface area contributed by atoms with E-state index in [1.165, 1.54) is 32.1 Å². The van der Waals surface area contributed by atoms with E-state index in [0.717, 1.165) is 11.8 Å². The molecule has 0 aromatic carbocycles. The van der Waals surface area contributed by atoms with Crippen LogP contribution in [0.1, 0.15) is 32.1 Å². The Balaban J connectivity index is 1.67. The van der Waals surface area contributed by atoms with Crippen LogP contribution in [-0.2, 0) is 4.79 Å². The molecule has 0 radical (unpaired) electrons. The summed E-state index contributed by atoms with van der Waals surface area (Å²) in [5.41, 5.74) is 0. The van der Waals surface area contributed by atoms with Gasteiger partial charge in [0.15, 0.2) is 0 Å². The third-order valence-electron chi connectivity index (χ3n) is 4.98. The molecule has 0 saturated heterocycles. The van der Waals surface area contributed by atoms with Crippen LogP contribution >= 0.6 is 11.6 Å². The molecule has 1 N–H and O–H groups in total. The highest BCUT2D eigenvalue weighted by Gasteiger charge is 2.50. The Kier molecular flexibility index (Phi) is 2.94. The highest BCUT2D eigenvalue weighted by molar-refractivity contribution is 6.29. The number of amides is 1. The minimum atomic E-state index is 0.223. The van der Waals surface area contributed by atoms with Crippen LogP contribution in [-0.4, -0.2) is 12.5 Å². The Labute approximate surface area is 108 Å². The molecule has 0 aromatic heterocycles. The summed E-state index contributed by atoms with van der Waals surface area (Å²) in [5.74, 6) is 3.62. The van der Waals surface area contributed by atoms with Gasteiger partial charge in [-0.05, 0) is 55.8 Å². The highest BCUT2D eigenvalue weighted by Crippen LogP contribution is 2.56. The van der Waals surface area contributed by atoms with Gasteiger partial charge in [-0.2, -0.15) is 0 Å². The van der Waals surface area contributed by atoms with E-state index < -0.39 is 0 Å². The van der Waals surface area contributed by atoms with Gasteiger partial charge in [0.25, 0.3) is 0 Å². The maximum Gasteiger partial charge on any atom is 0.223 e. The summed E-state index contributed by atoms with van der Waals surface area (Å²) in [4.78, 5) is 12.2. The van der Waals surface area contributed by atoms with Crippen LogP contribution in [0.25, 0.3) is 0 Å². The molecule has 17 heavy (non-hydrogen) atoms. The van der Waals surface area contributed by atoms with Crippen molar-refractivity contribution in [3.05, 3.63) is 11.6 Å². The molecule has 94 valence electrons. The Hall–Kier alpha value is -0.500. The molecule has 4 bridgehead atoms. The van der Waals surface area contributed by atoms with Crippen molar-refractivity contribution in [1.29, 1.82) is 0 Å². The predicted molar refractivity (Wildman–Crippen MR) is 68.5 cm³/mol. The van der Waals surface area contributed by atoms with Crippen LogP contribution in [0.4, 0.5) is 0 Å². The molecular formula is C14H20ClNO. The topological polar surface area (TPSA) is 29.1 Å². The molecule has 0 unspecified atom stereocenters. The molecule has 4 aliphatic carbocycles. The van der Waals surface area contributed by atoms with Crippen molar-refractivity contribution < 1.29 is 4.79 Å². The van der Waals surface area contributed by atoms with E-state index in [0.29, 0.717) is 23.4 Å². The lowest BCUT2D eigenvalue weighted by molar-refractivity contribution is -0.137. The molecule has 4 saturated carbocycles. The summed E-state index contributed by atoms with van der Waals surface area (Å²) in [6, 6.07) is 0. The van der Waals surface area contributed by atoms with E-state index in [1.54, 1.807) is 0 Å². The smallest absolute Gasteiger partial charge is 0.223 e. The molecule has 0 atom stereocenters. The quantitative estimate of drug-likeness (QED) is 0.823. The molecule has 1 amide bonds. The summed E-state index contributed by atoms with van der Waals surface area (Å²) in [7, 11) is 0. The summed E-state index contributed by atoms with van der Waals surface area (Å²) < 4.78 is 0. The van der Waals surface area contributed by atoms with Gasteiger partial charge in [0, 0.05) is 11.0 Å². The largest absolute Gasteiger partial charge is 0.351 e. The average Bonchev–Trinajstić information content (AvgIpc) is 2.24. The summed E-state index contributed by atoms with van der Waals surface area (Å²) in [6.45, 7) is 4.03. The van der Waals surface area contributed by atoms with Crippen molar-refractivity contribution in [3.8, 4) is 0 Å². The number of nitrogens with one attached hydrogen (secondary N) is 1. The third-order valence-corrected chi connectivity index (χ3v) is 5.12. The van der Waals surface area contributed by atoms with Crippen LogP contribution < -0.4 is 5.32 Å². The predicted octanol–water partition coefficient (Wildman–Crippen LogP) is 2.93. The Bertz CT molecular complexity index is 324. The lowest BCUT2D eigenvalue weighted by Gasteiger charge is -2.53. The second-order valence-corrected chi connectivity index (χ2v) is 6.73. The van der Waals surface area contributed by atoms with Gasteiger partial charge >= 0.3 is 0 Å². The number of hydrogen-bond acceptors (Lipinski definition) is 1. The van der Waals surface area contributed by atoms with Gasteiger partial charge in [0.2, 0.25) is 5.91 Å². The van der Waals surface area contributed by atoms with Crippen molar-refractivity contribution >= 4 is 17.5 Å². The molecule has 0 heterocycles. The molecule has 4 rings (SSSR count). The zero-order valence-corrected chi connectivity index (χ0v) is 10.9. The van der Waals surface area contributed by atoms with Crippen LogP contribution in [0.2, 0.25) is 0 Å². The Morgan fingerprint density at radius 2 is 1.65 bits per heavy atom. The van der Waals surface area contributed by atoms with Gasteiger partial charge < -0.3 is 5.32 Å². The van der Waals surface area contributed by atoms with Crippen molar-refractivity contribution in [2.24, 2.45) is 29.6 Å². The second-order valence-electron chi connectivity index (χ2n) is 6.19. The molecule has 4 fully saturated rings. The van der Waals surface area contributed by atoms with Gasteiger partial charge in [-0.25, -0.2) is 0 Å². The van der Waals surface area contributed by atoms with Gasteiger partial charge in [-0.3, -0.25) is 4.79 Å². The fourth-order valence-corrected chi connectivity index (χ4v) is 4.72. The highest BCUT2D eigenvalue weighted by atomic mass is 35.5. The number of carbonyl (C=O) groups is 1. The molecule has 0 aromatic rings. The summed E-state index contributed by atoms with van der Waals surface area (Å²) in [5, 5.41) is 3.46. The lowest BCUT2D eigenvalue weighted by atomic mass is 9.51. The third kappa shape index (κ3) is 2.12. The van der Waals surface area contributed by atoms with Crippen LogP contribution in [0.15, 0.2) is 11.6 Å². The van der Waals surface area contributed by atoms with Crippen molar-refractivity contribution in [3.63, 3.8) is 0 Å². The Morgan fingerprint density at radius 1 is 1.12 bits per heavy atom. The van der Waals surface area contributed by atoms with E-state index in [9.17, 15) is 4.79 Å². The maximum atomic E-state index is 12.2. The number of hydrogen-bond donors (Lipinski definition) is 1. The SMILES string of the molecule is C=C(Cl)CNC(=O)C1C2CC3CC(C2)CC1C3. The zero-order chi connectivity index (χ0) is 12.0. The van der Waals surface area contributed by atoms with E-state index in [-0.39, 0.29) is 11.8 Å². The normalized spacial score (nSPS) is 42.5. The lowest BCUT2D eigenvalue weighted by Crippen LogP contribution is -2.51. The van der Waals surface area contributed by atoms with Gasteiger partial charge in [0.1, 0.15) is 0 Å². The van der Waals surface area contributed by atoms with E-state index in [2.05, 4.69) is 11.9 Å². The fourth-order valence-electron chi connectivity index (χ4n) is 4.65. The molecule has 0 spiro atoms. The number of rotatable bonds is 3. The molecule has 0 aliphatic heterocycles. The van der Waals surface area contributed by atoms with Crippen LogP contribution in [0, 0.1) is 29.6 Å². The summed E-state index contributed by atoms with van der Waals surface area (Å²) >= 11 is 5.70. The number of halogens is 1. The van der Waals surface area contributed by atoms with Gasteiger partial charge in [-0.15, -0.1) is 0 Å². The molecular weight excluding hydrogens is 234 g/mol. The summed E-state index contributed by atoms with van der Waals surface area (Å²) in [6.07, 6.45) is 6.57. The number of carbonyl (C=O) groups excluding carboxylic acids is 1. The van der Waals surface area contributed by atoms with E-state index in [4.69, 9.17) is 11.6 Å². The second kappa shape index (κ2) is 4.31. The Morgan fingerprint density at radius 3 is 2.12 bits per heavy atom. The van der Waals surface area contributed by atoms with Gasteiger partial charge in [0.05, 0.1) is 6.54 Å². The first kappa shape index (κ1) is 11.6. The average molecular weight is 254 g/mol. The monoisotopic (exact) mass is 253 g/mol. The van der Waals surface area contributed by atoms with Crippen molar-refractivity contribution in [2.75, 3.05) is 6.54 Å². The van der Waals surface area contributed by atoms with Gasteiger partial charge in [-0.1, -0.05) is 18.2 Å². The zero-order valence-electron chi connectivity index (χ0n) is 10.1. The minimum Gasteiger partial charge on any atom is -0.351 e. The molecule has 4 aliphatic rings. The van der Waals surface area contributed by atoms with E-state index in [1.807, 2.05) is 0 Å². The van der Waals surface area contributed by atoms with Crippen molar-refractivity contribution in [1.82, 2.24) is 5.32 Å². The first-order valence-corrected chi connectivity index (χ1v) is 7.12. The first-order valence-electron chi connectivity index (χ1n) is 6.74. The fraction of sp³-hybridized carbons (Fsp3) is 0.786.